The molecule has 8 heteroatoms. The van der Waals surface area contributed by atoms with Crippen LogP contribution in [0.2, 0.25) is 0 Å². The number of carbonyl (C=O) groups is 1. The molecular weight excluding hydrogens is 420 g/mol. The van der Waals surface area contributed by atoms with Gasteiger partial charge >= 0.3 is 0 Å². The normalized spacial score (nSPS) is 21.1. The third-order valence-corrected chi connectivity index (χ3v) is 6.27. The maximum Gasteiger partial charge on any atom is 0.227 e. The number of carbonyl (C=O) groups excluding carboxylic acids is 1. The van der Waals surface area contributed by atoms with Gasteiger partial charge < -0.3 is 24.4 Å². The van der Waals surface area contributed by atoms with E-state index >= 15 is 0 Å². The molecule has 0 radical (unpaired) electrons. The monoisotopic (exact) mass is 454 g/mol. The van der Waals surface area contributed by atoms with Crippen molar-refractivity contribution in [2.24, 2.45) is 5.92 Å². The number of amides is 1. The van der Waals surface area contributed by atoms with E-state index in [9.17, 15) is 4.79 Å². The van der Waals surface area contributed by atoms with Crippen LogP contribution in [-0.4, -0.2) is 54.4 Å². The summed E-state index contributed by atoms with van der Waals surface area (Å²) in [5.41, 5.74) is 1.69. The van der Waals surface area contributed by atoms with Gasteiger partial charge in [-0.15, -0.1) is 0 Å². The summed E-state index contributed by atoms with van der Waals surface area (Å²) in [5.74, 6) is 2.06. The second kappa shape index (κ2) is 10.5. The molecule has 1 amide bonds. The number of aryl methyl sites for hydroxylation is 1. The molecule has 1 N–H and O–H groups in total. The minimum absolute atomic E-state index is 0.0148. The number of nitrogens with one attached hydrogen (secondary N) is 1. The van der Waals surface area contributed by atoms with Gasteiger partial charge in [-0.2, -0.15) is 0 Å². The van der Waals surface area contributed by atoms with E-state index < -0.39 is 0 Å². The average molecular weight is 455 g/mol. The van der Waals surface area contributed by atoms with Crippen LogP contribution in [0.4, 0.5) is 11.6 Å². The van der Waals surface area contributed by atoms with Gasteiger partial charge in [0.15, 0.2) is 5.75 Å². The van der Waals surface area contributed by atoms with E-state index in [1.54, 1.807) is 19.5 Å². The van der Waals surface area contributed by atoms with Crippen molar-refractivity contribution in [3.05, 3.63) is 36.2 Å². The van der Waals surface area contributed by atoms with Crippen molar-refractivity contribution in [1.82, 2.24) is 9.97 Å². The summed E-state index contributed by atoms with van der Waals surface area (Å²) in [4.78, 5) is 23.6. The minimum Gasteiger partial charge on any atom is -0.454 e. The first-order valence-electron chi connectivity index (χ1n) is 11.8. The van der Waals surface area contributed by atoms with Crippen molar-refractivity contribution < 1.29 is 19.0 Å². The number of hydrogen-bond acceptors (Lipinski definition) is 7. The van der Waals surface area contributed by atoms with Gasteiger partial charge in [-0.25, -0.2) is 9.97 Å². The molecular formula is C25H34N4O4. The molecule has 2 aromatic rings. The molecule has 2 fully saturated rings. The standard InChI is InChI=1S/C25H34N4O4/c1-16(2)32-21-12-18(13-21)24(30)28-19-5-6-23(17(3)11-19)33-22-14-26-25(27-15-22)29-9-7-20(31-4)8-10-29/h5-6,11,14-16,18,20-21H,7-10,12-13H2,1-4H3,(H,28,30). The number of benzene rings is 1. The first-order chi connectivity index (χ1) is 15.9. The summed E-state index contributed by atoms with van der Waals surface area (Å²) in [5, 5.41) is 3.01. The van der Waals surface area contributed by atoms with Crippen molar-refractivity contribution >= 4 is 17.5 Å². The Bertz CT molecular complexity index is 936. The Labute approximate surface area is 195 Å². The molecule has 1 saturated carbocycles. The highest BCUT2D eigenvalue weighted by molar-refractivity contribution is 5.93. The van der Waals surface area contributed by atoms with E-state index in [1.165, 1.54) is 0 Å². The summed E-state index contributed by atoms with van der Waals surface area (Å²) in [7, 11) is 1.76. The van der Waals surface area contributed by atoms with Gasteiger partial charge in [-0.05, 0) is 70.2 Å². The van der Waals surface area contributed by atoms with Gasteiger partial charge in [-0.1, -0.05) is 0 Å². The van der Waals surface area contributed by atoms with Crippen LogP contribution in [0, 0.1) is 12.8 Å². The van der Waals surface area contributed by atoms with Crippen molar-refractivity contribution in [2.45, 2.75) is 64.8 Å². The molecule has 0 unspecified atom stereocenters. The zero-order chi connectivity index (χ0) is 23.4. The lowest BCUT2D eigenvalue weighted by molar-refractivity contribution is -0.131. The third kappa shape index (κ3) is 6.00. The van der Waals surface area contributed by atoms with Crippen LogP contribution in [0.25, 0.3) is 0 Å². The predicted octanol–water partition coefficient (Wildman–Crippen LogP) is 4.33. The topological polar surface area (TPSA) is 85.8 Å². The fourth-order valence-electron chi connectivity index (χ4n) is 4.31. The van der Waals surface area contributed by atoms with E-state index in [-0.39, 0.29) is 24.0 Å². The van der Waals surface area contributed by atoms with E-state index in [2.05, 4.69) is 20.2 Å². The van der Waals surface area contributed by atoms with Crippen LogP contribution < -0.4 is 15.0 Å². The molecule has 1 aliphatic heterocycles. The number of anilines is 2. The number of rotatable bonds is 8. The zero-order valence-corrected chi connectivity index (χ0v) is 19.9. The van der Waals surface area contributed by atoms with Crippen LogP contribution >= 0.6 is 0 Å². The van der Waals surface area contributed by atoms with Crippen molar-refractivity contribution in [1.29, 1.82) is 0 Å². The summed E-state index contributed by atoms with van der Waals surface area (Å²) >= 11 is 0. The largest absolute Gasteiger partial charge is 0.454 e. The molecule has 178 valence electrons. The summed E-state index contributed by atoms with van der Waals surface area (Å²) in [6, 6.07) is 5.64. The Morgan fingerprint density at radius 2 is 1.82 bits per heavy atom. The molecule has 1 aliphatic carbocycles. The molecule has 1 aromatic carbocycles. The second-order valence-corrected chi connectivity index (χ2v) is 9.19. The Morgan fingerprint density at radius 3 is 2.42 bits per heavy atom. The number of methoxy groups -OCH3 is 1. The molecule has 1 aromatic heterocycles. The number of ether oxygens (including phenoxy) is 3. The lowest BCUT2D eigenvalue weighted by atomic mass is 9.81. The van der Waals surface area contributed by atoms with Crippen molar-refractivity contribution in [2.75, 3.05) is 30.4 Å². The smallest absolute Gasteiger partial charge is 0.227 e. The van der Waals surface area contributed by atoms with Crippen LogP contribution in [-0.2, 0) is 14.3 Å². The van der Waals surface area contributed by atoms with E-state index in [0.29, 0.717) is 23.6 Å². The number of aromatic nitrogens is 2. The van der Waals surface area contributed by atoms with Gasteiger partial charge in [0, 0.05) is 31.8 Å². The molecule has 1 saturated heterocycles. The highest BCUT2D eigenvalue weighted by atomic mass is 16.5. The number of piperidine rings is 1. The molecule has 2 heterocycles. The van der Waals surface area contributed by atoms with E-state index in [1.807, 2.05) is 39.0 Å². The number of hydrogen-bond donors (Lipinski definition) is 1. The summed E-state index contributed by atoms with van der Waals surface area (Å²) in [6.45, 7) is 7.77. The quantitative estimate of drug-likeness (QED) is 0.635. The molecule has 8 nitrogen and oxygen atoms in total. The third-order valence-electron chi connectivity index (χ3n) is 6.27. The molecule has 4 rings (SSSR count). The predicted molar refractivity (Wildman–Crippen MR) is 127 cm³/mol. The van der Waals surface area contributed by atoms with Crippen LogP contribution in [0.15, 0.2) is 30.6 Å². The Balaban J connectivity index is 1.29. The fourth-order valence-corrected chi connectivity index (χ4v) is 4.31. The van der Waals surface area contributed by atoms with Gasteiger partial charge in [0.2, 0.25) is 11.9 Å². The Kier molecular flexibility index (Phi) is 7.45. The number of nitrogens with zero attached hydrogens (tertiary/aromatic N) is 3. The van der Waals surface area contributed by atoms with Crippen LogP contribution in [0.1, 0.15) is 45.1 Å². The van der Waals surface area contributed by atoms with Gasteiger partial charge in [-0.3, -0.25) is 4.79 Å². The summed E-state index contributed by atoms with van der Waals surface area (Å²) < 4.78 is 17.2. The average Bonchev–Trinajstić information content (AvgIpc) is 2.78. The lowest BCUT2D eigenvalue weighted by Gasteiger charge is -2.35. The molecule has 0 spiro atoms. The zero-order valence-electron chi connectivity index (χ0n) is 19.9. The maximum absolute atomic E-state index is 12.5. The molecule has 2 aliphatic rings. The molecule has 33 heavy (non-hydrogen) atoms. The first kappa shape index (κ1) is 23.4. The van der Waals surface area contributed by atoms with Crippen LogP contribution in [0.5, 0.6) is 11.5 Å². The van der Waals surface area contributed by atoms with Crippen LogP contribution in [0.3, 0.4) is 0 Å². The SMILES string of the molecule is COC1CCN(c2ncc(Oc3ccc(NC(=O)C4CC(OC(C)C)C4)cc3C)cn2)CC1. The second-order valence-electron chi connectivity index (χ2n) is 9.19. The Morgan fingerprint density at radius 1 is 1.12 bits per heavy atom. The molecule has 0 atom stereocenters. The van der Waals surface area contributed by atoms with E-state index in [4.69, 9.17) is 14.2 Å². The summed E-state index contributed by atoms with van der Waals surface area (Å²) in [6.07, 6.45) is 7.64. The van der Waals surface area contributed by atoms with Gasteiger partial charge in [0.25, 0.3) is 0 Å². The minimum atomic E-state index is 0.0148. The lowest BCUT2D eigenvalue weighted by Crippen LogP contribution is -2.40. The highest BCUT2D eigenvalue weighted by Crippen LogP contribution is 2.33. The Hall–Kier alpha value is -2.71. The van der Waals surface area contributed by atoms with Crippen molar-refractivity contribution in [3.8, 4) is 11.5 Å². The maximum atomic E-state index is 12.5. The van der Waals surface area contributed by atoms with Gasteiger partial charge in [0.1, 0.15) is 5.75 Å². The van der Waals surface area contributed by atoms with E-state index in [0.717, 1.165) is 50.0 Å². The van der Waals surface area contributed by atoms with Gasteiger partial charge in [0.05, 0.1) is 30.7 Å². The fraction of sp³-hybridized carbons (Fsp3) is 0.560. The van der Waals surface area contributed by atoms with Crippen molar-refractivity contribution in [3.63, 3.8) is 0 Å². The first-order valence-corrected chi connectivity index (χ1v) is 11.8. The molecule has 0 bridgehead atoms. The highest BCUT2D eigenvalue weighted by Gasteiger charge is 2.35.